The summed E-state index contributed by atoms with van der Waals surface area (Å²) in [6, 6.07) is 7.68. The zero-order valence-corrected chi connectivity index (χ0v) is 11.4. The third kappa shape index (κ3) is 2.65. The van der Waals surface area contributed by atoms with Crippen molar-refractivity contribution in [3.63, 3.8) is 0 Å². The molecule has 0 fully saturated rings. The Kier molecular flexibility index (Phi) is 3.66. The van der Waals surface area contributed by atoms with Crippen molar-refractivity contribution in [3.8, 4) is 11.4 Å². The molecule has 0 aliphatic heterocycles. The first-order valence-electron chi connectivity index (χ1n) is 5.20. The van der Waals surface area contributed by atoms with Gasteiger partial charge in [0.05, 0.1) is 12.8 Å². The lowest BCUT2D eigenvalue weighted by Gasteiger charge is -2.07. The molecular weight excluding hydrogens is 316 g/mol. The molecule has 6 nitrogen and oxygen atoms in total. The van der Waals surface area contributed by atoms with Crippen LogP contribution in [0.1, 0.15) is 10.5 Å². The molecule has 19 heavy (non-hydrogen) atoms. The van der Waals surface area contributed by atoms with E-state index in [-0.39, 0.29) is 5.69 Å². The Morgan fingerprint density at radius 1 is 1.37 bits per heavy atom. The molecule has 1 N–H and O–H groups in total. The number of hydrogen-bond donors (Lipinski definition) is 1. The lowest BCUT2D eigenvalue weighted by molar-refractivity contribution is 0.0588. The third-order valence-corrected chi connectivity index (χ3v) is 2.89. The van der Waals surface area contributed by atoms with E-state index in [1.54, 1.807) is 24.3 Å². The molecule has 1 aromatic carbocycles. The first-order valence-corrected chi connectivity index (χ1v) is 6.00. The first-order chi connectivity index (χ1) is 9.02. The molecule has 7 heteroatoms. The Hall–Kier alpha value is -2.15. The fraction of sp³-hybridized carbons (Fsp3) is 0.0833. The Balaban J connectivity index is 2.60. The zero-order valence-electron chi connectivity index (χ0n) is 9.83. The molecule has 0 aliphatic rings. The van der Waals surface area contributed by atoms with Crippen molar-refractivity contribution >= 4 is 21.9 Å². The maximum atomic E-state index is 11.8. The molecule has 0 spiro atoms. The summed E-state index contributed by atoms with van der Waals surface area (Å²) in [6.07, 6.45) is 0. The summed E-state index contributed by atoms with van der Waals surface area (Å²) in [6.45, 7) is 0. The van der Waals surface area contributed by atoms with Crippen LogP contribution in [0.4, 0.5) is 0 Å². The van der Waals surface area contributed by atoms with Crippen molar-refractivity contribution in [1.29, 1.82) is 0 Å². The van der Waals surface area contributed by atoms with Gasteiger partial charge in [0.15, 0.2) is 5.75 Å². The Bertz CT molecular complexity index is 679. The van der Waals surface area contributed by atoms with E-state index < -0.39 is 17.3 Å². The van der Waals surface area contributed by atoms with E-state index >= 15 is 0 Å². The maximum Gasteiger partial charge on any atom is 0.362 e. The number of carbonyl (C=O) groups excluding carboxylic acids is 1. The molecule has 0 bridgehead atoms. The minimum Gasteiger partial charge on any atom is -0.505 e. The minimum atomic E-state index is -0.816. The predicted octanol–water partition coefficient (Wildman–Crippen LogP) is 1.49. The second kappa shape index (κ2) is 5.23. The number of ether oxygens (including phenoxy) is 1. The Morgan fingerprint density at radius 2 is 2.00 bits per heavy atom. The number of nitrogens with zero attached hydrogens (tertiary/aromatic N) is 2. The highest BCUT2D eigenvalue weighted by atomic mass is 79.9. The van der Waals surface area contributed by atoms with Crippen molar-refractivity contribution in [1.82, 2.24) is 9.78 Å². The third-order valence-electron chi connectivity index (χ3n) is 2.36. The van der Waals surface area contributed by atoms with Crippen LogP contribution in [-0.2, 0) is 4.74 Å². The van der Waals surface area contributed by atoms with Gasteiger partial charge in [0.2, 0.25) is 5.69 Å². The van der Waals surface area contributed by atoms with Crippen LogP contribution in [0, 0.1) is 0 Å². The van der Waals surface area contributed by atoms with Gasteiger partial charge in [-0.05, 0) is 24.3 Å². The topological polar surface area (TPSA) is 81.4 Å². The van der Waals surface area contributed by atoms with Crippen LogP contribution >= 0.6 is 15.9 Å². The van der Waals surface area contributed by atoms with Gasteiger partial charge in [-0.2, -0.15) is 9.78 Å². The van der Waals surface area contributed by atoms with Crippen LogP contribution in [0.25, 0.3) is 5.69 Å². The van der Waals surface area contributed by atoms with Gasteiger partial charge in [-0.3, -0.25) is 4.79 Å². The van der Waals surface area contributed by atoms with Crippen LogP contribution in [0.3, 0.4) is 0 Å². The van der Waals surface area contributed by atoms with E-state index in [4.69, 9.17) is 0 Å². The van der Waals surface area contributed by atoms with Crippen LogP contribution in [-0.4, -0.2) is 28.0 Å². The summed E-state index contributed by atoms with van der Waals surface area (Å²) < 4.78 is 6.34. The summed E-state index contributed by atoms with van der Waals surface area (Å²) >= 11 is 3.28. The SMILES string of the molecule is COC(=O)c1nn(-c2ccc(Br)cc2)c(=O)cc1O. The van der Waals surface area contributed by atoms with Gasteiger partial charge < -0.3 is 9.84 Å². The van der Waals surface area contributed by atoms with E-state index in [9.17, 15) is 14.7 Å². The van der Waals surface area contributed by atoms with Crippen LogP contribution < -0.4 is 5.56 Å². The van der Waals surface area contributed by atoms with Gasteiger partial charge in [0.25, 0.3) is 5.56 Å². The van der Waals surface area contributed by atoms with E-state index in [1.165, 1.54) is 7.11 Å². The highest BCUT2D eigenvalue weighted by molar-refractivity contribution is 9.10. The number of carbonyl (C=O) groups is 1. The number of halogens is 1. The molecule has 1 aromatic heterocycles. The van der Waals surface area contributed by atoms with E-state index in [1.807, 2.05) is 0 Å². The number of rotatable bonds is 2. The van der Waals surface area contributed by atoms with Gasteiger partial charge >= 0.3 is 5.97 Å². The van der Waals surface area contributed by atoms with Gasteiger partial charge in [0.1, 0.15) is 0 Å². The molecule has 1 heterocycles. The normalized spacial score (nSPS) is 10.2. The molecular formula is C12H9BrN2O4. The number of methoxy groups -OCH3 is 1. The van der Waals surface area contributed by atoms with Crippen molar-refractivity contribution in [2.24, 2.45) is 0 Å². The van der Waals surface area contributed by atoms with Crippen LogP contribution in [0.5, 0.6) is 5.75 Å². The first kappa shape index (κ1) is 13.3. The van der Waals surface area contributed by atoms with Crippen molar-refractivity contribution in [2.75, 3.05) is 7.11 Å². The molecule has 2 aromatic rings. The van der Waals surface area contributed by atoms with Gasteiger partial charge in [-0.25, -0.2) is 4.79 Å². The standard InChI is InChI=1S/C12H9BrN2O4/c1-19-12(18)11-9(16)6-10(17)15(14-11)8-4-2-7(13)3-5-8/h2-6,16H,1H3. The molecule has 0 saturated carbocycles. The van der Waals surface area contributed by atoms with Gasteiger partial charge in [0, 0.05) is 10.5 Å². The average Bonchev–Trinajstić information content (AvgIpc) is 2.39. The van der Waals surface area contributed by atoms with Crippen molar-refractivity contribution < 1.29 is 14.6 Å². The number of aromatic nitrogens is 2. The summed E-state index contributed by atoms with van der Waals surface area (Å²) in [5.74, 6) is -1.33. The molecule has 2 rings (SSSR count). The quantitative estimate of drug-likeness (QED) is 0.846. The van der Waals surface area contributed by atoms with Crippen LogP contribution in [0.15, 0.2) is 39.6 Å². The molecule has 0 unspecified atom stereocenters. The van der Waals surface area contributed by atoms with Crippen LogP contribution in [0.2, 0.25) is 0 Å². The lowest BCUT2D eigenvalue weighted by Crippen LogP contribution is -2.23. The van der Waals surface area contributed by atoms with Gasteiger partial charge in [-0.1, -0.05) is 15.9 Å². The highest BCUT2D eigenvalue weighted by Gasteiger charge is 2.16. The largest absolute Gasteiger partial charge is 0.505 e. The second-order valence-corrected chi connectivity index (χ2v) is 4.51. The van der Waals surface area contributed by atoms with E-state index in [0.717, 1.165) is 15.2 Å². The summed E-state index contributed by atoms with van der Waals surface area (Å²) in [5, 5.41) is 13.3. The molecule has 0 radical (unpaired) electrons. The fourth-order valence-electron chi connectivity index (χ4n) is 1.46. The van der Waals surface area contributed by atoms with Crippen molar-refractivity contribution in [2.45, 2.75) is 0 Å². The molecule has 0 amide bonds. The van der Waals surface area contributed by atoms with Gasteiger partial charge in [-0.15, -0.1) is 0 Å². The predicted molar refractivity (Wildman–Crippen MR) is 70.5 cm³/mol. The van der Waals surface area contributed by atoms with E-state index in [0.29, 0.717) is 5.69 Å². The molecule has 0 aliphatic carbocycles. The number of hydrogen-bond acceptors (Lipinski definition) is 5. The number of benzene rings is 1. The molecule has 0 saturated heterocycles. The molecule has 0 atom stereocenters. The smallest absolute Gasteiger partial charge is 0.362 e. The number of esters is 1. The zero-order chi connectivity index (χ0) is 14.0. The fourth-order valence-corrected chi connectivity index (χ4v) is 1.72. The monoisotopic (exact) mass is 324 g/mol. The number of aromatic hydroxyl groups is 1. The average molecular weight is 325 g/mol. The highest BCUT2D eigenvalue weighted by Crippen LogP contribution is 2.15. The van der Waals surface area contributed by atoms with E-state index in [2.05, 4.69) is 25.8 Å². The van der Waals surface area contributed by atoms with Crippen molar-refractivity contribution in [3.05, 3.63) is 50.9 Å². The molecule has 98 valence electrons. The summed E-state index contributed by atoms with van der Waals surface area (Å²) in [5.41, 5.74) is -0.393. The summed E-state index contributed by atoms with van der Waals surface area (Å²) in [4.78, 5) is 23.2. The lowest BCUT2D eigenvalue weighted by atomic mass is 10.3. The Labute approximate surface area is 116 Å². The summed E-state index contributed by atoms with van der Waals surface area (Å²) in [7, 11) is 1.17. The second-order valence-electron chi connectivity index (χ2n) is 3.60. The minimum absolute atomic E-state index is 0.315. The Morgan fingerprint density at radius 3 is 2.58 bits per heavy atom. The maximum absolute atomic E-state index is 11.8.